The molecule has 1 aliphatic rings. The molecular formula is C20H26BrN3O2S. The monoisotopic (exact) mass is 451 g/mol. The normalized spacial score (nSPS) is 17.2. The van der Waals surface area contributed by atoms with Crippen LogP contribution in [0.2, 0.25) is 0 Å². The van der Waals surface area contributed by atoms with E-state index >= 15 is 0 Å². The van der Waals surface area contributed by atoms with Crippen LogP contribution in [0.3, 0.4) is 0 Å². The summed E-state index contributed by atoms with van der Waals surface area (Å²) in [5, 5.41) is 8.64. The first kappa shape index (κ1) is 20.5. The molecule has 1 aliphatic heterocycles. The van der Waals surface area contributed by atoms with Crippen molar-refractivity contribution in [2.24, 2.45) is 5.14 Å². The molecule has 2 aromatic carbocycles. The van der Waals surface area contributed by atoms with Gasteiger partial charge < -0.3 is 5.32 Å². The van der Waals surface area contributed by atoms with Crippen LogP contribution >= 0.6 is 15.9 Å². The molecule has 27 heavy (non-hydrogen) atoms. The van der Waals surface area contributed by atoms with Gasteiger partial charge in [0.1, 0.15) is 0 Å². The maximum atomic E-state index is 11.5. The molecule has 3 rings (SSSR count). The minimum Gasteiger partial charge on any atom is -0.317 e. The number of hydrogen-bond donors (Lipinski definition) is 2. The molecule has 146 valence electrons. The molecule has 1 unspecified atom stereocenters. The summed E-state index contributed by atoms with van der Waals surface area (Å²) in [4.78, 5) is 2.68. The fourth-order valence-electron chi connectivity index (χ4n) is 3.65. The van der Waals surface area contributed by atoms with E-state index in [1.165, 1.54) is 5.56 Å². The predicted octanol–water partition coefficient (Wildman–Crippen LogP) is 3.41. The molecule has 2 aromatic rings. The number of nitrogens with zero attached hydrogens (tertiary/aromatic N) is 1. The molecule has 0 amide bonds. The zero-order chi connectivity index (χ0) is 19.4. The summed E-state index contributed by atoms with van der Waals surface area (Å²) in [7, 11) is -3.66. The third-order valence-electron chi connectivity index (χ3n) is 5.24. The summed E-state index contributed by atoms with van der Waals surface area (Å²) in [5.74, 6) is 0. The number of halogens is 1. The van der Waals surface area contributed by atoms with E-state index in [2.05, 4.69) is 57.3 Å². The number of benzene rings is 2. The molecule has 0 aromatic heterocycles. The lowest BCUT2D eigenvalue weighted by atomic mass is 9.98. The third kappa shape index (κ3) is 5.39. The van der Waals surface area contributed by atoms with E-state index in [1.807, 2.05) is 12.1 Å². The summed E-state index contributed by atoms with van der Waals surface area (Å²) < 4.78 is 24.1. The molecule has 0 spiro atoms. The minimum absolute atomic E-state index is 0.153. The Morgan fingerprint density at radius 1 is 1.11 bits per heavy atom. The highest BCUT2D eigenvalue weighted by Gasteiger charge is 2.26. The lowest BCUT2D eigenvalue weighted by molar-refractivity contribution is 0.108. The van der Waals surface area contributed by atoms with Crippen LogP contribution in [0.1, 0.15) is 36.9 Å². The first-order valence-corrected chi connectivity index (χ1v) is 11.5. The van der Waals surface area contributed by atoms with Gasteiger partial charge in [-0.05, 0) is 68.2 Å². The molecule has 3 N–H and O–H groups in total. The molecule has 0 radical (unpaired) electrons. The van der Waals surface area contributed by atoms with Gasteiger partial charge in [0.05, 0.1) is 4.90 Å². The number of primary sulfonamides is 1. The number of piperidine rings is 1. The van der Waals surface area contributed by atoms with Gasteiger partial charge in [-0.1, -0.05) is 40.2 Å². The summed E-state index contributed by atoms with van der Waals surface area (Å²) in [6.45, 7) is 5.06. The van der Waals surface area contributed by atoms with E-state index in [4.69, 9.17) is 5.14 Å². The SMILES string of the molecule is CC(c1ccc(Br)cc1)N(Cc1ccc(S(N)(=O)=O)cc1)C1CCNCC1. The number of rotatable bonds is 6. The molecule has 5 nitrogen and oxygen atoms in total. The Bertz CT molecular complexity index is 848. The van der Waals surface area contributed by atoms with Gasteiger partial charge in [-0.25, -0.2) is 13.6 Å². The van der Waals surface area contributed by atoms with Crippen LogP contribution in [-0.4, -0.2) is 32.4 Å². The molecule has 0 saturated carbocycles. The van der Waals surface area contributed by atoms with Crippen molar-refractivity contribution in [1.82, 2.24) is 10.2 Å². The van der Waals surface area contributed by atoms with Gasteiger partial charge in [-0.2, -0.15) is 0 Å². The molecule has 1 heterocycles. The van der Waals surface area contributed by atoms with Crippen LogP contribution < -0.4 is 10.5 Å². The lowest BCUT2D eigenvalue weighted by Gasteiger charge is -2.39. The quantitative estimate of drug-likeness (QED) is 0.705. The molecule has 1 atom stereocenters. The van der Waals surface area contributed by atoms with Crippen LogP contribution in [0, 0.1) is 0 Å². The third-order valence-corrected chi connectivity index (χ3v) is 6.70. The number of sulfonamides is 1. The zero-order valence-corrected chi connectivity index (χ0v) is 17.8. The van der Waals surface area contributed by atoms with Crippen molar-refractivity contribution in [3.05, 3.63) is 64.1 Å². The molecule has 1 fully saturated rings. The van der Waals surface area contributed by atoms with E-state index in [0.717, 1.165) is 42.5 Å². The van der Waals surface area contributed by atoms with Gasteiger partial charge in [0.2, 0.25) is 10.0 Å². The van der Waals surface area contributed by atoms with E-state index in [9.17, 15) is 8.42 Å². The van der Waals surface area contributed by atoms with E-state index < -0.39 is 10.0 Å². The number of hydrogen-bond acceptors (Lipinski definition) is 4. The van der Waals surface area contributed by atoms with Crippen LogP contribution in [0.4, 0.5) is 0 Å². The van der Waals surface area contributed by atoms with Gasteiger partial charge in [0.25, 0.3) is 0 Å². The highest BCUT2D eigenvalue weighted by Crippen LogP contribution is 2.29. The van der Waals surface area contributed by atoms with Crippen molar-refractivity contribution in [3.63, 3.8) is 0 Å². The highest BCUT2D eigenvalue weighted by molar-refractivity contribution is 9.10. The van der Waals surface area contributed by atoms with Gasteiger partial charge >= 0.3 is 0 Å². The average molecular weight is 452 g/mol. The smallest absolute Gasteiger partial charge is 0.238 e. The Morgan fingerprint density at radius 2 is 1.70 bits per heavy atom. The van der Waals surface area contributed by atoms with Crippen LogP contribution in [0.25, 0.3) is 0 Å². The first-order chi connectivity index (χ1) is 12.8. The molecule has 0 aliphatic carbocycles. The van der Waals surface area contributed by atoms with E-state index in [-0.39, 0.29) is 10.9 Å². The van der Waals surface area contributed by atoms with Crippen LogP contribution in [0.15, 0.2) is 57.9 Å². The Labute approximate surface area is 170 Å². The zero-order valence-electron chi connectivity index (χ0n) is 15.4. The Kier molecular flexibility index (Phi) is 6.70. The molecular weight excluding hydrogens is 426 g/mol. The Hall–Kier alpha value is -1.25. The van der Waals surface area contributed by atoms with E-state index in [1.54, 1.807) is 12.1 Å². The average Bonchev–Trinajstić information content (AvgIpc) is 2.66. The highest BCUT2D eigenvalue weighted by atomic mass is 79.9. The number of nitrogens with two attached hydrogens (primary N) is 1. The Morgan fingerprint density at radius 3 is 2.26 bits per heavy atom. The second-order valence-electron chi connectivity index (χ2n) is 7.07. The maximum absolute atomic E-state index is 11.5. The lowest BCUT2D eigenvalue weighted by Crippen LogP contribution is -2.43. The number of nitrogens with one attached hydrogen (secondary N) is 1. The van der Waals surface area contributed by atoms with Crippen molar-refractivity contribution in [1.29, 1.82) is 0 Å². The van der Waals surface area contributed by atoms with Crippen LogP contribution in [-0.2, 0) is 16.6 Å². The summed E-state index contributed by atoms with van der Waals surface area (Å²) in [5.41, 5.74) is 2.36. The van der Waals surface area contributed by atoms with E-state index in [0.29, 0.717) is 6.04 Å². The van der Waals surface area contributed by atoms with Crippen molar-refractivity contribution in [3.8, 4) is 0 Å². The Balaban J connectivity index is 1.84. The van der Waals surface area contributed by atoms with Crippen molar-refractivity contribution < 1.29 is 8.42 Å². The maximum Gasteiger partial charge on any atom is 0.238 e. The van der Waals surface area contributed by atoms with Gasteiger partial charge in [-0.15, -0.1) is 0 Å². The van der Waals surface area contributed by atoms with Gasteiger partial charge in [0, 0.05) is 23.1 Å². The fourth-order valence-corrected chi connectivity index (χ4v) is 4.43. The molecule has 7 heteroatoms. The first-order valence-electron chi connectivity index (χ1n) is 9.18. The predicted molar refractivity (Wildman–Crippen MR) is 112 cm³/mol. The van der Waals surface area contributed by atoms with Crippen LogP contribution in [0.5, 0.6) is 0 Å². The van der Waals surface area contributed by atoms with Crippen molar-refractivity contribution in [2.45, 2.75) is 43.3 Å². The van der Waals surface area contributed by atoms with Crippen molar-refractivity contribution in [2.75, 3.05) is 13.1 Å². The van der Waals surface area contributed by atoms with Gasteiger partial charge in [-0.3, -0.25) is 4.90 Å². The minimum atomic E-state index is -3.66. The topological polar surface area (TPSA) is 75.4 Å². The largest absolute Gasteiger partial charge is 0.317 e. The summed E-state index contributed by atoms with van der Waals surface area (Å²) >= 11 is 3.50. The standard InChI is InChI=1S/C20H26BrN3O2S/c1-15(17-4-6-18(21)7-5-17)24(19-10-12-23-13-11-19)14-16-2-8-20(9-3-16)27(22,25)26/h2-9,15,19,23H,10-14H2,1H3,(H2,22,25,26). The second kappa shape index (κ2) is 8.84. The summed E-state index contributed by atoms with van der Waals surface area (Å²) in [6, 6.07) is 16.1. The molecule has 0 bridgehead atoms. The molecule has 1 saturated heterocycles. The van der Waals surface area contributed by atoms with Gasteiger partial charge in [0.15, 0.2) is 0 Å². The second-order valence-corrected chi connectivity index (χ2v) is 9.55. The van der Waals surface area contributed by atoms with Crippen molar-refractivity contribution >= 4 is 26.0 Å². The fraction of sp³-hybridized carbons (Fsp3) is 0.400. The summed E-state index contributed by atoms with van der Waals surface area (Å²) in [6.07, 6.45) is 2.21.